The molecule has 0 radical (unpaired) electrons. The van der Waals surface area contributed by atoms with Crippen LogP contribution in [0.4, 0.5) is 23.0 Å². The van der Waals surface area contributed by atoms with Crippen molar-refractivity contribution in [2.45, 2.75) is 0 Å². The number of hydrogen-bond donors (Lipinski definition) is 3. The summed E-state index contributed by atoms with van der Waals surface area (Å²) < 4.78 is 0. The normalized spacial score (nSPS) is 10.2. The number of carbonyl (C=O) groups excluding carboxylic acids is 1. The third-order valence-corrected chi connectivity index (χ3v) is 4.05. The summed E-state index contributed by atoms with van der Waals surface area (Å²) in [6, 6.07) is 10.9. The minimum absolute atomic E-state index is 0.0211. The Morgan fingerprint density at radius 3 is 2.41 bits per heavy atom. The lowest BCUT2D eigenvalue weighted by Crippen LogP contribution is -2.29. The number of rotatable bonds is 8. The third-order valence-electron chi connectivity index (χ3n) is 3.74. The van der Waals surface area contributed by atoms with Crippen LogP contribution in [0.1, 0.15) is 10.4 Å². The van der Waals surface area contributed by atoms with Gasteiger partial charge in [-0.1, -0.05) is 11.6 Å². The molecule has 1 aromatic carbocycles. The van der Waals surface area contributed by atoms with E-state index < -0.39 is 10.8 Å². The number of carbonyl (C=O) groups is 1. The second-order valence-electron chi connectivity index (χ2n) is 5.77. The van der Waals surface area contributed by atoms with Gasteiger partial charge >= 0.3 is 0 Å². The van der Waals surface area contributed by atoms with Crippen molar-refractivity contribution in [3.8, 4) is 0 Å². The van der Waals surface area contributed by atoms with Gasteiger partial charge in [0.1, 0.15) is 5.82 Å². The van der Waals surface area contributed by atoms with Gasteiger partial charge in [0.25, 0.3) is 11.6 Å². The van der Waals surface area contributed by atoms with E-state index in [1.54, 1.807) is 24.5 Å². The first-order valence-electron chi connectivity index (χ1n) is 8.50. The average molecular weight is 414 g/mol. The molecule has 0 fully saturated rings. The summed E-state index contributed by atoms with van der Waals surface area (Å²) in [5, 5.41) is 27.7. The van der Waals surface area contributed by atoms with Crippen LogP contribution in [0.5, 0.6) is 0 Å². The SMILES string of the molecule is O=C(NCCNc1ccc(Nc2ccncc2)nn1)c1ccc([N+](=O)[O-])cc1Cl. The predicted molar refractivity (Wildman–Crippen MR) is 108 cm³/mol. The minimum atomic E-state index is -0.573. The largest absolute Gasteiger partial charge is 0.367 e. The summed E-state index contributed by atoms with van der Waals surface area (Å²) in [6.45, 7) is 0.701. The monoisotopic (exact) mass is 413 g/mol. The van der Waals surface area contributed by atoms with Gasteiger partial charge in [-0.25, -0.2) is 0 Å². The van der Waals surface area contributed by atoms with Crippen LogP contribution in [0.25, 0.3) is 0 Å². The van der Waals surface area contributed by atoms with Crippen LogP contribution in [-0.4, -0.2) is 39.1 Å². The van der Waals surface area contributed by atoms with E-state index in [9.17, 15) is 14.9 Å². The summed E-state index contributed by atoms with van der Waals surface area (Å²) in [4.78, 5) is 26.2. The summed E-state index contributed by atoms with van der Waals surface area (Å²) in [5.74, 6) is 0.713. The molecule has 10 nitrogen and oxygen atoms in total. The van der Waals surface area contributed by atoms with Crippen molar-refractivity contribution in [2.75, 3.05) is 23.7 Å². The number of benzene rings is 1. The first kappa shape index (κ1) is 20.0. The van der Waals surface area contributed by atoms with Gasteiger partial charge in [0, 0.05) is 43.3 Å². The zero-order chi connectivity index (χ0) is 20.6. The highest BCUT2D eigenvalue weighted by molar-refractivity contribution is 6.34. The Labute approximate surface area is 170 Å². The second-order valence-corrected chi connectivity index (χ2v) is 6.18. The van der Waals surface area contributed by atoms with Gasteiger partial charge in [-0.15, -0.1) is 10.2 Å². The van der Waals surface area contributed by atoms with Gasteiger partial charge < -0.3 is 16.0 Å². The fourth-order valence-electron chi connectivity index (χ4n) is 2.34. The number of nitro benzene ring substituents is 1. The van der Waals surface area contributed by atoms with E-state index in [0.29, 0.717) is 24.7 Å². The average Bonchev–Trinajstić information content (AvgIpc) is 2.73. The van der Waals surface area contributed by atoms with E-state index in [1.807, 2.05) is 12.1 Å². The molecule has 2 aromatic heterocycles. The quantitative estimate of drug-likeness (QED) is 0.291. The van der Waals surface area contributed by atoms with Crippen LogP contribution in [0.3, 0.4) is 0 Å². The molecule has 2 heterocycles. The Hall–Kier alpha value is -3.79. The predicted octanol–water partition coefficient (Wildman–Crippen LogP) is 3.02. The highest BCUT2D eigenvalue weighted by Gasteiger charge is 2.14. The standard InChI is InChI=1S/C18H16ClN7O3/c19-15-11-13(26(28)29)1-2-14(15)18(27)22-10-9-21-16-3-4-17(25-24-16)23-12-5-7-20-8-6-12/h1-8,11H,9-10H2,(H,21,24)(H,22,27)(H,20,23,25). The first-order chi connectivity index (χ1) is 14.0. The molecule has 3 aromatic rings. The molecule has 0 aliphatic heterocycles. The molecule has 0 aliphatic carbocycles. The van der Waals surface area contributed by atoms with Crippen LogP contribution in [0, 0.1) is 10.1 Å². The van der Waals surface area contributed by atoms with E-state index in [0.717, 1.165) is 11.8 Å². The molecule has 3 rings (SSSR count). The Bertz CT molecular complexity index is 1000. The summed E-state index contributed by atoms with van der Waals surface area (Å²) in [5.41, 5.74) is 0.847. The summed E-state index contributed by atoms with van der Waals surface area (Å²) >= 11 is 5.94. The maximum Gasteiger partial charge on any atom is 0.270 e. The molecular formula is C18H16ClN7O3. The molecule has 0 aliphatic rings. The number of halogens is 1. The van der Waals surface area contributed by atoms with Gasteiger partial charge in [-0.2, -0.15) is 0 Å². The van der Waals surface area contributed by atoms with Crippen LogP contribution in [0.15, 0.2) is 54.9 Å². The fourth-order valence-corrected chi connectivity index (χ4v) is 2.60. The van der Waals surface area contributed by atoms with Crippen LogP contribution >= 0.6 is 11.6 Å². The molecule has 0 unspecified atom stereocenters. The van der Waals surface area contributed by atoms with Gasteiger partial charge in [0.15, 0.2) is 5.82 Å². The Balaban J connectivity index is 1.45. The van der Waals surface area contributed by atoms with Gasteiger partial charge in [0.05, 0.1) is 15.5 Å². The minimum Gasteiger partial charge on any atom is -0.367 e. The molecule has 1 amide bonds. The highest BCUT2D eigenvalue weighted by atomic mass is 35.5. The van der Waals surface area contributed by atoms with Crippen LogP contribution < -0.4 is 16.0 Å². The van der Waals surface area contributed by atoms with E-state index in [-0.39, 0.29) is 16.3 Å². The lowest BCUT2D eigenvalue weighted by Gasteiger charge is -2.09. The van der Waals surface area contributed by atoms with E-state index in [4.69, 9.17) is 11.6 Å². The molecule has 148 valence electrons. The number of nitrogens with zero attached hydrogens (tertiary/aromatic N) is 4. The number of nitrogens with one attached hydrogen (secondary N) is 3. The zero-order valence-electron chi connectivity index (χ0n) is 15.0. The number of hydrogen-bond acceptors (Lipinski definition) is 8. The lowest BCUT2D eigenvalue weighted by molar-refractivity contribution is -0.384. The van der Waals surface area contributed by atoms with E-state index in [1.165, 1.54) is 12.1 Å². The van der Waals surface area contributed by atoms with Gasteiger partial charge in [-0.05, 0) is 30.3 Å². The number of pyridine rings is 1. The Morgan fingerprint density at radius 2 is 1.76 bits per heavy atom. The number of non-ortho nitro benzene ring substituents is 1. The topological polar surface area (TPSA) is 135 Å². The summed E-state index contributed by atoms with van der Waals surface area (Å²) in [6.07, 6.45) is 3.34. The summed E-state index contributed by atoms with van der Waals surface area (Å²) in [7, 11) is 0. The van der Waals surface area contributed by atoms with Crippen molar-refractivity contribution in [3.63, 3.8) is 0 Å². The van der Waals surface area contributed by atoms with Crippen LogP contribution in [0.2, 0.25) is 5.02 Å². The molecule has 0 saturated carbocycles. The Kier molecular flexibility index (Phi) is 6.48. The van der Waals surface area contributed by atoms with Crippen molar-refractivity contribution in [2.24, 2.45) is 0 Å². The molecule has 11 heteroatoms. The smallest absolute Gasteiger partial charge is 0.270 e. The maximum absolute atomic E-state index is 12.1. The van der Waals surface area contributed by atoms with Crippen molar-refractivity contribution < 1.29 is 9.72 Å². The number of nitro groups is 1. The fraction of sp³-hybridized carbons (Fsp3) is 0.111. The first-order valence-corrected chi connectivity index (χ1v) is 8.87. The molecule has 0 bridgehead atoms. The maximum atomic E-state index is 12.1. The van der Waals surface area contributed by atoms with Crippen molar-refractivity contribution in [1.29, 1.82) is 0 Å². The van der Waals surface area contributed by atoms with Gasteiger partial charge in [0.2, 0.25) is 0 Å². The highest BCUT2D eigenvalue weighted by Crippen LogP contribution is 2.22. The van der Waals surface area contributed by atoms with Crippen LogP contribution in [-0.2, 0) is 0 Å². The van der Waals surface area contributed by atoms with Crippen molar-refractivity contribution >= 4 is 40.5 Å². The molecule has 3 N–H and O–H groups in total. The zero-order valence-corrected chi connectivity index (χ0v) is 15.8. The molecule has 0 spiro atoms. The van der Waals surface area contributed by atoms with E-state index >= 15 is 0 Å². The molecular weight excluding hydrogens is 398 g/mol. The molecule has 0 atom stereocenters. The van der Waals surface area contributed by atoms with E-state index in [2.05, 4.69) is 31.1 Å². The number of amides is 1. The van der Waals surface area contributed by atoms with Gasteiger partial charge in [-0.3, -0.25) is 19.9 Å². The number of aromatic nitrogens is 3. The lowest BCUT2D eigenvalue weighted by atomic mass is 10.2. The Morgan fingerprint density at radius 1 is 1.03 bits per heavy atom. The second kappa shape index (κ2) is 9.42. The van der Waals surface area contributed by atoms with Crippen molar-refractivity contribution in [1.82, 2.24) is 20.5 Å². The van der Waals surface area contributed by atoms with Crippen molar-refractivity contribution in [3.05, 3.63) is 75.6 Å². The molecule has 29 heavy (non-hydrogen) atoms. The third kappa shape index (κ3) is 5.59. The number of anilines is 3. The molecule has 0 saturated heterocycles.